The van der Waals surface area contributed by atoms with Crippen molar-refractivity contribution in [3.8, 4) is 5.88 Å². The third kappa shape index (κ3) is 4.59. The van der Waals surface area contributed by atoms with Gasteiger partial charge in [0, 0.05) is 18.9 Å². The van der Waals surface area contributed by atoms with E-state index in [0.717, 1.165) is 12.1 Å². The number of amides is 1. The number of carbonyl (C=O) groups is 1. The Morgan fingerprint density at radius 1 is 1.48 bits per heavy atom. The summed E-state index contributed by atoms with van der Waals surface area (Å²) in [5.74, 6) is -0.146. The topological polar surface area (TPSA) is 60.5 Å². The fourth-order valence-corrected chi connectivity index (χ4v) is 1.85. The van der Waals surface area contributed by atoms with Crippen molar-refractivity contribution in [3.63, 3.8) is 0 Å². The largest absolute Gasteiger partial charge is 0.476 e. The highest BCUT2D eigenvalue weighted by Crippen LogP contribution is 2.29. The molecule has 5 nitrogen and oxygen atoms in total. The summed E-state index contributed by atoms with van der Waals surface area (Å²) in [4.78, 5) is 15.2. The van der Waals surface area contributed by atoms with Crippen molar-refractivity contribution < 1.29 is 27.4 Å². The van der Waals surface area contributed by atoms with Crippen molar-refractivity contribution >= 4 is 5.91 Å². The molecule has 0 saturated carbocycles. The number of hydrogen-bond donors (Lipinski definition) is 1. The van der Waals surface area contributed by atoms with E-state index in [1.807, 2.05) is 0 Å². The van der Waals surface area contributed by atoms with E-state index < -0.39 is 11.7 Å². The van der Waals surface area contributed by atoms with Crippen LogP contribution < -0.4 is 10.1 Å². The fraction of sp³-hybridized carbons (Fsp3) is 0.538. The maximum absolute atomic E-state index is 12.3. The second-order valence-corrected chi connectivity index (χ2v) is 4.58. The molecule has 0 radical (unpaired) electrons. The number of aromatic nitrogens is 1. The van der Waals surface area contributed by atoms with Gasteiger partial charge in [0.15, 0.2) is 0 Å². The number of nitrogens with zero attached hydrogens (tertiary/aromatic N) is 1. The average molecular weight is 304 g/mol. The minimum absolute atomic E-state index is 0.0847. The van der Waals surface area contributed by atoms with E-state index in [9.17, 15) is 18.0 Å². The van der Waals surface area contributed by atoms with Crippen LogP contribution in [0.1, 0.15) is 12.0 Å². The monoisotopic (exact) mass is 304 g/mol. The molecule has 1 atom stereocenters. The van der Waals surface area contributed by atoms with Crippen molar-refractivity contribution in [1.29, 1.82) is 0 Å². The summed E-state index contributed by atoms with van der Waals surface area (Å²) >= 11 is 0. The van der Waals surface area contributed by atoms with E-state index in [0.29, 0.717) is 25.8 Å². The number of hydrogen-bond acceptors (Lipinski definition) is 4. The smallest absolute Gasteiger partial charge is 0.417 e. The molecule has 1 saturated heterocycles. The molecule has 1 aromatic rings. The zero-order chi connectivity index (χ0) is 15.3. The molecule has 1 amide bonds. The maximum atomic E-state index is 12.3. The molecule has 2 rings (SSSR count). The van der Waals surface area contributed by atoms with Crippen molar-refractivity contribution in [2.24, 2.45) is 5.92 Å². The Balaban J connectivity index is 1.70. The van der Waals surface area contributed by atoms with Gasteiger partial charge in [-0.3, -0.25) is 4.79 Å². The van der Waals surface area contributed by atoms with Crippen LogP contribution in [0.4, 0.5) is 13.2 Å². The Morgan fingerprint density at radius 3 is 2.86 bits per heavy atom. The maximum Gasteiger partial charge on any atom is 0.417 e. The first-order chi connectivity index (χ1) is 9.97. The van der Waals surface area contributed by atoms with Crippen LogP contribution in [0.2, 0.25) is 0 Å². The Hall–Kier alpha value is -1.83. The summed E-state index contributed by atoms with van der Waals surface area (Å²) in [6.45, 7) is 1.41. The molecule has 21 heavy (non-hydrogen) atoms. The summed E-state index contributed by atoms with van der Waals surface area (Å²) < 4.78 is 47.2. The lowest BCUT2D eigenvalue weighted by Gasteiger charge is -2.10. The van der Waals surface area contributed by atoms with Crippen LogP contribution in [-0.2, 0) is 15.7 Å². The van der Waals surface area contributed by atoms with E-state index in [1.54, 1.807) is 0 Å². The van der Waals surface area contributed by atoms with Crippen LogP contribution in [0.15, 0.2) is 18.3 Å². The van der Waals surface area contributed by atoms with Crippen molar-refractivity contribution in [1.82, 2.24) is 10.3 Å². The highest BCUT2D eigenvalue weighted by molar-refractivity contribution is 5.78. The van der Waals surface area contributed by atoms with E-state index in [-0.39, 0.29) is 30.9 Å². The van der Waals surface area contributed by atoms with Crippen molar-refractivity contribution in [2.45, 2.75) is 12.6 Å². The lowest BCUT2D eigenvalue weighted by Crippen LogP contribution is -2.33. The van der Waals surface area contributed by atoms with Crippen LogP contribution in [0.25, 0.3) is 0 Å². The first kappa shape index (κ1) is 15.6. The number of rotatable bonds is 5. The molecule has 2 heterocycles. The molecular formula is C13H15F3N2O3. The summed E-state index contributed by atoms with van der Waals surface area (Å²) in [7, 11) is 0. The van der Waals surface area contributed by atoms with Crippen LogP contribution in [0.5, 0.6) is 5.88 Å². The number of pyridine rings is 1. The van der Waals surface area contributed by atoms with Crippen LogP contribution >= 0.6 is 0 Å². The molecule has 1 aliphatic rings. The molecule has 8 heteroatoms. The molecule has 0 aromatic carbocycles. The predicted octanol–water partition coefficient (Wildman–Crippen LogP) is 1.63. The average Bonchev–Trinajstić information content (AvgIpc) is 2.97. The van der Waals surface area contributed by atoms with Gasteiger partial charge in [-0.15, -0.1) is 0 Å². The highest BCUT2D eigenvalue weighted by Gasteiger charge is 2.30. The quantitative estimate of drug-likeness (QED) is 0.840. The molecule has 1 N–H and O–H groups in total. The van der Waals surface area contributed by atoms with E-state index in [2.05, 4.69) is 10.3 Å². The van der Waals surface area contributed by atoms with Gasteiger partial charge in [0.05, 0.1) is 24.6 Å². The number of ether oxygens (including phenoxy) is 2. The molecule has 0 aliphatic carbocycles. The van der Waals surface area contributed by atoms with Crippen molar-refractivity contribution in [3.05, 3.63) is 23.9 Å². The molecule has 0 bridgehead atoms. The Labute approximate surface area is 119 Å². The molecular weight excluding hydrogens is 289 g/mol. The Kier molecular flexibility index (Phi) is 5.00. The van der Waals surface area contributed by atoms with Gasteiger partial charge < -0.3 is 14.8 Å². The third-order valence-corrected chi connectivity index (χ3v) is 3.02. The summed E-state index contributed by atoms with van der Waals surface area (Å²) in [5.41, 5.74) is -0.829. The van der Waals surface area contributed by atoms with Gasteiger partial charge in [-0.05, 0) is 12.5 Å². The minimum Gasteiger partial charge on any atom is -0.476 e. The van der Waals surface area contributed by atoms with Gasteiger partial charge in [-0.2, -0.15) is 13.2 Å². The molecule has 0 unspecified atom stereocenters. The lowest BCUT2D eigenvalue weighted by molar-refractivity contribution is -0.137. The number of alkyl halides is 3. The van der Waals surface area contributed by atoms with Crippen molar-refractivity contribution in [2.75, 3.05) is 26.4 Å². The number of carbonyl (C=O) groups excluding carboxylic acids is 1. The molecule has 1 aliphatic heterocycles. The van der Waals surface area contributed by atoms with E-state index in [4.69, 9.17) is 9.47 Å². The van der Waals surface area contributed by atoms with Gasteiger partial charge in [0.25, 0.3) is 0 Å². The zero-order valence-electron chi connectivity index (χ0n) is 11.2. The number of nitrogens with one attached hydrogen (secondary N) is 1. The van der Waals surface area contributed by atoms with E-state index in [1.165, 1.54) is 0 Å². The van der Waals surface area contributed by atoms with Gasteiger partial charge in [-0.1, -0.05) is 0 Å². The SMILES string of the molecule is O=C(NCCOc1ccc(C(F)(F)F)cn1)[C@H]1CCOC1. The summed E-state index contributed by atoms with van der Waals surface area (Å²) in [6.07, 6.45) is -3.00. The molecule has 1 fully saturated rings. The first-order valence-corrected chi connectivity index (χ1v) is 6.48. The summed E-state index contributed by atoms with van der Waals surface area (Å²) in [6, 6.07) is 2.05. The van der Waals surface area contributed by atoms with Gasteiger partial charge in [0.2, 0.25) is 11.8 Å². The second kappa shape index (κ2) is 6.75. The highest BCUT2D eigenvalue weighted by atomic mass is 19.4. The summed E-state index contributed by atoms with van der Waals surface area (Å²) in [5, 5.41) is 2.68. The first-order valence-electron chi connectivity index (χ1n) is 6.48. The van der Waals surface area contributed by atoms with Crippen LogP contribution in [-0.4, -0.2) is 37.3 Å². The molecule has 0 spiro atoms. The third-order valence-electron chi connectivity index (χ3n) is 3.02. The standard InChI is InChI=1S/C13H15F3N2O3/c14-13(15,16)10-1-2-11(18-7-10)21-6-4-17-12(19)9-3-5-20-8-9/h1-2,7,9H,3-6,8H2,(H,17,19)/t9-/m0/s1. The second-order valence-electron chi connectivity index (χ2n) is 4.58. The predicted molar refractivity (Wildman–Crippen MR) is 66.7 cm³/mol. The van der Waals surface area contributed by atoms with Gasteiger partial charge in [0.1, 0.15) is 6.61 Å². The van der Waals surface area contributed by atoms with Crippen LogP contribution in [0, 0.1) is 5.92 Å². The van der Waals surface area contributed by atoms with Gasteiger partial charge >= 0.3 is 6.18 Å². The molecule has 116 valence electrons. The lowest BCUT2D eigenvalue weighted by atomic mass is 10.1. The van der Waals surface area contributed by atoms with E-state index >= 15 is 0 Å². The Morgan fingerprint density at radius 2 is 2.29 bits per heavy atom. The Bertz CT molecular complexity index is 471. The molecule has 1 aromatic heterocycles. The zero-order valence-corrected chi connectivity index (χ0v) is 11.2. The fourth-order valence-electron chi connectivity index (χ4n) is 1.85. The van der Waals surface area contributed by atoms with Crippen LogP contribution in [0.3, 0.4) is 0 Å². The minimum atomic E-state index is -4.41. The number of halogens is 3. The normalized spacial score (nSPS) is 18.5. The van der Waals surface area contributed by atoms with Gasteiger partial charge in [-0.25, -0.2) is 4.98 Å².